The van der Waals surface area contributed by atoms with Crippen molar-refractivity contribution >= 4 is 23.5 Å². The summed E-state index contributed by atoms with van der Waals surface area (Å²) in [5, 5.41) is 25.8. The maximum absolute atomic E-state index is 12.6. The van der Waals surface area contributed by atoms with E-state index in [1.807, 2.05) is 46.0 Å². The Bertz CT molecular complexity index is 1590. The molecule has 0 fully saturated rings. The van der Waals surface area contributed by atoms with Gasteiger partial charge in [0.25, 0.3) is 6.47 Å². The fourth-order valence-corrected chi connectivity index (χ4v) is 6.44. The predicted octanol–water partition coefficient (Wildman–Crippen LogP) is 5.10. The number of rotatable bonds is 5. The highest BCUT2D eigenvalue weighted by Crippen LogP contribution is 2.46. The van der Waals surface area contributed by atoms with Gasteiger partial charge in [0.05, 0.1) is 10.9 Å². The smallest absolute Gasteiger partial charge is 0.310 e. The zero-order valence-electron chi connectivity index (χ0n) is 23.9. The SMILES string of the molecule is Cc1c(C(c2ccc3c(c2)C(N2CCOc4ccccc4C2)CC3)C(C)(C)C(=O)O)ccc2c1nnn2C.O=CO. The molecule has 0 spiro atoms. The van der Waals surface area contributed by atoms with Crippen molar-refractivity contribution in [3.05, 3.63) is 88.0 Å². The lowest BCUT2D eigenvalue weighted by Crippen LogP contribution is -2.33. The number of benzene rings is 3. The minimum absolute atomic E-state index is 0.250. The number of carboxylic acids is 1. The molecule has 2 atom stereocenters. The summed E-state index contributed by atoms with van der Waals surface area (Å²) in [6.07, 6.45) is 2.08. The quantitative estimate of drug-likeness (QED) is 0.326. The number of aromatic nitrogens is 3. The molecule has 2 N–H and O–H groups in total. The topological polar surface area (TPSA) is 118 Å². The molecule has 6 rings (SSSR count). The second-order valence-corrected chi connectivity index (χ2v) is 11.4. The first-order valence-electron chi connectivity index (χ1n) is 13.8. The van der Waals surface area contributed by atoms with Crippen LogP contribution in [0, 0.1) is 12.3 Å². The first kappa shape index (κ1) is 28.3. The number of fused-ring (bicyclic) bond motifs is 3. The van der Waals surface area contributed by atoms with Gasteiger partial charge in [0.1, 0.15) is 17.9 Å². The lowest BCUT2D eigenvalue weighted by molar-refractivity contribution is -0.147. The van der Waals surface area contributed by atoms with Crippen molar-refractivity contribution in [2.24, 2.45) is 12.5 Å². The van der Waals surface area contributed by atoms with Crippen LogP contribution in [0.25, 0.3) is 11.0 Å². The molecule has 1 aromatic heterocycles. The molecule has 1 aliphatic heterocycles. The van der Waals surface area contributed by atoms with Crippen molar-refractivity contribution in [1.29, 1.82) is 0 Å². The van der Waals surface area contributed by atoms with Gasteiger partial charge in [-0.15, -0.1) is 5.10 Å². The van der Waals surface area contributed by atoms with Crippen molar-refractivity contribution in [2.45, 2.75) is 52.1 Å². The highest BCUT2D eigenvalue weighted by Gasteiger charge is 2.41. The summed E-state index contributed by atoms with van der Waals surface area (Å²) in [4.78, 5) is 23.5. The molecule has 9 heteroatoms. The van der Waals surface area contributed by atoms with E-state index in [1.165, 1.54) is 16.7 Å². The van der Waals surface area contributed by atoms with E-state index >= 15 is 0 Å². The summed E-state index contributed by atoms with van der Waals surface area (Å²) in [5.74, 6) is -0.189. The van der Waals surface area contributed by atoms with Gasteiger partial charge in [0.2, 0.25) is 0 Å². The van der Waals surface area contributed by atoms with Crippen molar-refractivity contribution in [2.75, 3.05) is 13.2 Å². The number of hydrogen-bond acceptors (Lipinski definition) is 6. The summed E-state index contributed by atoms with van der Waals surface area (Å²) in [6, 6.07) is 19.3. The summed E-state index contributed by atoms with van der Waals surface area (Å²) < 4.78 is 7.80. The Morgan fingerprint density at radius 3 is 2.66 bits per heavy atom. The van der Waals surface area contributed by atoms with E-state index in [0.717, 1.165) is 59.4 Å². The van der Waals surface area contributed by atoms with Gasteiger partial charge < -0.3 is 14.9 Å². The average Bonchev–Trinajstić information content (AvgIpc) is 3.47. The molecule has 4 aromatic rings. The van der Waals surface area contributed by atoms with E-state index in [9.17, 15) is 9.90 Å². The minimum Gasteiger partial charge on any atom is -0.492 e. The van der Waals surface area contributed by atoms with E-state index < -0.39 is 11.4 Å². The van der Waals surface area contributed by atoms with Gasteiger partial charge in [-0.25, -0.2) is 4.68 Å². The monoisotopic (exact) mass is 556 g/mol. The molecule has 0 bridgehead atoms. The number of aliphatic carboxylic acids is 1. The van der Waals surface area contributed by atoms with Gasteiger partial charge in [-0.05, 0) is 73.6 Å². The molecule has 1 aliphatic carbocycles. The number of aryl methyl sites for hydroxylation is 3. The largest absolute Gasteiger partial charge is 0.492 e. The second kappa shape index (κ2) is 11.3. The van der Waals surface area contributed by atoms with Crippen LogP contribution in [-0.2, 0) is 29.6 Å². The van der Waals surface area contributed by atoms with Crippen molar-refractivity contribution in [3.63, 3.8) is 0 Å². The molecular formula is C32H36N4O5. The number of carboxylic acid groups (broad SMARTS) is 2. The predicted molar refractivity (Wildman–Crippen MR) is 155 cm³/mol. The van der Waals surface area contributed by atoms with Crippen LogP contribution in [0.5, 0.6) is 5.75 Å². The average molecular weight is 557 g/mol. The normalized spacial score (nSPS) is 17.4. The van der Waals surface area contributed by atoms with Crippen LogP contribution in [0.4, 0.5) is 0 Å². The van der Waals surface area contributed by atoms with Crippen LogP contribution >= 0.6 is 0 Å². The molecule has 3 aromatic carbocycles. The summed E-state index contributed by atoms with van der Waals surface area (Å²) in [6.45, 7) is 7.80. The molecule has 0 saturated carbocycles. The number of para-hydroxylation sites is 1. The van der Waals surface area contributed by atoms with E-state index in [2.05, 4.69) is 51.6 Å². The van der Waals surface area contributed by atoms with Gasteiger partial charge in [-0.3, -0.25) is 14.5 Å². The van der Waals surface area contributed by atoms with Gasteiger partial charge in [0, 0.05) is 37.7 Å². The lowest BCUT2D eigenvalue weighted by Gasteiger charge is -2.33. The summed E-state index contributed by atoms with van der Waals surface area (Å²) >= 11 is 0. The van der Waals surface area contributed by atoms with Crippen molar-refractivity contribution in [3.8, 4) is 5.75 Å². The summed E-state index contributed by atoms with van der Waals surface area (Å²) in [5.41, 5.74) is 7.60. The first-order valence-corrected chi connectivity index (χ1v) is 13.8. The molecule has 0 radical (unpaired) electrons. The fraction of sp³-hybridized carbons (Fsp3) is 0.375. The van der Waals surface area contributed by atoms with Crippen LogP contribution in [0.1, 0.15) is 65.6 Å². The standard InChI is InChI=1S/C31H34N4O3.CH2O2/c1-19-23(12-14-26-29(19)32-33-34(26)4)28(31(2,3)30(36)37)21-10-9-20-11-13-25(24(20)17-21)35-15-16-38-27-8-6-5-7-22(27)18-35;2-1-3/h5-10,12,14,17,25,28H,11,13,15-16,18H2,1-4H3,(H,36,37);1H,(H,2,3). The minimum atomic E-state index is -1.03. The van der Waals surface area contributed by atoms with Crippen molar-refractivity contribution < 1.29 is 24.5 Å². The van der Waals surface area contributed by atoms with Gasteiger partial charge in [0.15, 0.2) is 0 Å². The van der Waals surface area contributed by atoms with E-state index in [0.29, 0.717) is 6.61 Å². The van der Waals surface area contributed by atoms with E-state index in [4.69, 9.17) is 14.6 Å². The molecule has 2 heterocycles. The molecule has 41 heavy (non-hydrogen) atoms. The highest BCUT2D eigenvalue weighted by atomic mass is 16.5. The van der Waals surface area contributed by atoms with Gasteiger partial charge >= 0.3 is 5.97 Å². The second-order valence-electron chi connectivity index (χ2n) is 11.4. The Morgan fingerprint density at radius 1 is 1.15 bits per heavy atom. The van der Waals surface area contributed by atoms with Gasteiger partial charge in [-0.1, -0.05) is 47.7 Å². The lowest BCUT2D eigenvalue weighted by atomic mass is 9.69. The van der Waals surface area contributed by atoms with E-state index in [1.54, 1.807) is 4.68 Å². The van der Waals surface area contributed by atoms with E-state index in [-0.39, 0.29) is 18.4 Å². The number of carbonyl (C=O) groups is 2. The Hall–Kier alpha value is -4.24. The van der Waals surface area contributed by atoms with Crippen LogP contribution in [0.3, 0.4) is 0 Å². The van der Waals surface area contributed by atoms with Gasteiger partial charge in [-0.2, -0.15) is 0 Å². The van der Waals surface area contributed by atoms with Crippen LogP contribution in [-0.4, -0.2) is 55.7 Å². The third-order valence-corrected chi connectivity index (χ3v) is 8.64. The molecule has 9 nitrogen and oxygen atoms in total. The number of hydrogen-bond donors (Lipinski definition) is 2. The fourth-order valence-electron chi connectivity index (χ4n) is 6.44. The maximum atomic E-state index is 12.6. The zero-order chi connectivity index (χ0) is 29.3. The molecule has 2 unspecified atom stereocenters. The summed E-state index contributed by atoms with van der Waals surface area (Å²) in [7, 11) is 1.88. The zero-order valence-corrected chi connectivity index (χ0v) is 23.9. The molecule has 0 amide bonds. The number of nitrogens with zero attached hydrogens (tertiary/aromatic N) is 4. The first-order chi connectivity index (χ1) is 19.7. The molecule has 2 aliphatic rings. The van der Waals surface area contributed by atoms with Crippen molar-refractivity contribution in [1.82, 2.24) is 19.9 Å². The molecule has 0 saturated heterocycles. The third kappa shape index (κ3) is 5.17. The van der Waals surface area contributed by atoms with Crippen LogP contribution < -0.4 is 4.74 Å². The third-order valence-electron chi connectivity index (χ3n) is 8.64. The van der Waals surface area contributed by atoms with Crippen LogP contribution in [0.2, 0.25) is 0 Å². The Labute approximate surface area is 239 Å². The number of ether oxygens (including phenoxy) is 1. The highest BCUT2D eigenvalue weighted by molar-refractivity contribution is 5.81. The Morgan fingerprint density at radius 2 is 1.90 bits per heavy atom. The maximum Gasteiger partial charge on any atom is 0.310 e. The molecule has 214 valence electrons. The Kier molecular flexibility index (Phi) is 7.82. The van der Waals surface area contributed by atoms with Crippen LogP contribution in [0.15, 0.2) is 54.6 Å². The Balaban J connectivity index is 0.00000108. The molecular weight excluding hydrogens is 520 g/mol.